The molecule has 0 aliphatic rings. The van der Waals surface area contributed by atoms with Crippen molar-refractivity contribution in [1.29, 1.82) is 0 Å². The number of carbonyl (C=O) groups is 1. The first-order chi connectivity index (χ1) is 8.15. The highest BCUT2D eigenvalue weighted by atomic mass is 16.5. The minimum Gasteiger partial charge on any atom is -0.409 e. The van der Waals surface area contributed by atoms with Gasteiger partial charge in [-0.05, 0) is 6.42 Å². The van der Waals surface area contributed by atoms with Crippen LogP contribution in [0.1, 0.15) is 12.8 Å². The molecule has 0 aliphatic heterocycles. The molecule has 0 unspecified atom stereocenters. The van der Waals surface area contributed by atoms with E-state index in [9.17, 15) is 4.79 Å². The van der Waals surface area contributed by atoms with Gasteiger partial charge in [0, 0.05) is 33.9 Å². The maximum absolute atomic E-state index is 11.8. The van der Waals surface area contributed by atoms with Crippen LogP contribution in [0, 0.1) is 0 Å². The number of hydrogen-bond donors (Lipinski definition) is 2. The van der Waals surface area contributed by atoms with Gasteiger partial charge in [-0.1, -0.05) is 5.16 Å². The molecule has 0 rings (SSSR count). The zero-order chi connectivity index (χ0) is 13.1. The second-order valence-electron chi connectivity index (χ2n) is 3.49. The van der Waals surface area contributed by atoms with Crippen LogP contribution in [-0.4, -0.2) is 62.4 Å². The summed E-state index contributed by atoms with van der Waals surface area (Å²) in [6.07, 6.45) is 0.648. The summed E-state index contributed by atoms with van der Waals surface area (Å²) in [5, 5.41) is 11.2. The van der Waals surface area contributed by atoms with E-state index in [2.05, 4.69) is 5.16 Å². The number of methoxy groups -OCH3 is 2. The quantitative estimate of drug-likeness (QED) is 0.190. The SMILES string of the molecule is COCCCN(CCOC)C(=O)CC(N)=NO. The molecule has 0 aromatic heterocycles. The number of oxime groups is 1. The number of hydrogen-bond acceptors (Lipinski definition) is 5. The van der Waals surface area contributed by atoms with Crippen molar-refractivity contribution in [2.75, 3.05) is 40.5 Å². The van der Waals surface area contributed by atoms with Crippen LogP contribution in [0.2, 0.25) is 0 Å². The van der Waals surface area contributed by atoms with Crippen LogP contribution in [0.15, 0.2) is 5.16 Å². The molecule has 7 heteroatoms. The molecule has 7 nitrogen and oxygen atoms in total. The first-order valence-electron chi connectivity index (χ1n) is 5.37. The first kappa shape index (κ1) is 15.7. The molecule has 0 fully saturated rings. The summed E-state index contributed by atoms with van der Waals surface area (Å²) in [6, 6.07) is 0. The minimum absolute atomic E-state index is 0.0901. The third kappa shape index (κ3) is 7.53. The van der Waals surface area contributed by atoms with Crippen molar-refractivity contribution in [1.82, 2.24) is 4.90 Å². The summed E-state index contributed by atoms with van der Waals surface area (Å²) in [6.45, 7) is 2.09. The number of rotatable bonds is 9. The summed E-state index contributed by atoms with van der Waals surface area (Å²) >= 11 is 0. The minimum atomic E-state index is -0.187. The molecule has 0 aromatic rings. The van der Waals surface area contributed by atoms with Gasteiger partial charge in [0.05, 0.1) is 13.0 Å². The molecular formula is C10H21N3O4. The Morgan fingerprint density at radius 3 is 2.47 bits per heavy atom. The predicted molar refractivity (Wildman–Crippen MR) is 63.0 cm³/mol. The monoisotopic (exact) mass is 247 g/mol. The molecule has 1 amide bonds. The van der Waals surface area contributed by atoms with Gasteiger partial charge in [-0.25, -0.2) is 0 Å². The molecule has 100 valence electrons. The van der Waals surface area contributed by atoms with E-state index >= 15 is 0 Å². The molecule has 0 aliphatic carbocycles. The molecule has 0 heterocycles. The Kier molecular flexibility index (Phi) is 9.08. The van der Waals surface area contributed by atoms with Crippen molar-refractivity contribution in [3.63, 3.8) is 0 Å². The van der Waals surface area contributed by atoms with Crippen LogP contribution in [0.4, 0.5) is 0 Å². The molecule has 0 atom stereocenters. The van der Waals surface area contributed by atoms with Crippen molar-refractivity contribution in [3.8, 4) is 0 Å². The molecule has 0 saturated heterocycles. The first-order valence-corrected chi connectivity index (χ1v) is 5.37. The number of carbonyl (C=O) groups excluding carboxylic acids is 1. The third-order valence-corrected chi connectivity index (χ3v) is 2.16. The molecule has 0 saturated carbocycles. The van der Waals surface area contributed by atoms with E-state index in [0.29, 0.717) is 26.3 Å². The Bertz CT molecular complexity index is 246. The van der Waals surface area contributed by atoms with Crippen molar-refractivity contribution in [2.24, 2.45) is 10.9 Å². The van der Waals surface area contributed by atoms with Crippen molar-refractivity contribution < 1.29 is 19.5 Å². The Morgan fingerprint density at radius 2 is 1.94 bits per heavy atom. The van der Waals surface area contributed by atoms with Gasteiger partial charge < -0.3 is 25.3 Å². The fourth-order valence-electron chi connectivity index (χ4n) is 1.26. The average molecular weight is 247 g/mol. The zero-order valence-corrected chi connectivity index (χ0v) is 10.4. The molecule has 17 heavy (non-hydrogen) atoms. The Morgan fingerprint density at radius 1 is 1.29 bits per heavy atom. The standard InChI is InChI=1S/C10H21N3O4/c1-16-6-3-4-13(5-7-17-2)10(14)8-9(11)12-15/h15H,3-8H2,1-2H3,(H2,11,12). The highest BCUT2D eigenvalue weighted by Crippen LogP contribution is 1.98. The van der Waals surface area contributed by atoms with E-state index in [1.807, 2.05) is 0 Å². The van der Waals surface area contributed by atoms with E-state index < -0.39 is 0 Å². The third-order valence-electron chi connectivity index (χ3n) is 2.16. The van der Waals surface area contributed by atoms with Gasteiger partial charge in [0.2, 0.25) is 5.91 Å². The molecule has 0 bridgehead atoms. The topological polar surface area (TPSA) is 97.4 Å². The lowest BCUT2D eigenvalue weighted by atomic mass is 10.3. The maximum atomic E-state index is 11.8. The largest absolute Gasteiger partial charge is 0.409 e. The van der Waals surface area contributed by atoms with E-state index in [4.69, 9.17) is 20.4 Å². The molecular weight excluding hydrogens is 226 g/mol. The van der Waals surface area contributed by atoms with E-state index in [1.54, 1.807) is 19.1 Å². The van der Waals surface area contributed by atoms with Crippen LogP contribution in [-0.2, 0) is 14.3 Å². The van der Waals surface area contributed by atoms with E-state index in [-0.39, 0.29) is 18.2 Å². The second kappa shape index (κ2) is 9.86. The Labute approximate surface area is 101 Å². The summed E-state index contributed by atoms with van der Waals surface area (Å²) < 4.78 is 9.85. The van der Waals surface area contributed by atoms with Crippen molar-refractivity contribution in [3.05, 3.63) is 0 Å². The van der Waals surface area contributed by atoms with Gasteiger partial charge in [-0.15, -0.1) is 0 Å². The van der Waals surface area contributed by atoms with Crippen LogP contribution in [0.3, 0.4) is 0 Å². The summed E-state index contributed by atoms with van der Waals surface area (Å²) in [5.74, 6) is -0.280. The summed E-state index contributed by atoms with van der Waals surface area (Å²) in [4.78, 5) is 13.4. The Hall–Kier alpha value is -1.34. The van der Waals surface area contributed by atoms with Gasteiger partial charge in [0.1, 0.15) is 5.84 Å². The van der Waals surface area contributed by atoms with Gasteiger partial charge in [0.15, 0.2) is 0 Å². The van der Waals surface area contributed by atoms with Crippen molar-refractivity contribution >= 4 is 11.7 Å². The van der Waals surface area contributed by atoms with Crippen LogP contribution >= 0.6 is 0 Å². The zero-order valence-electron chi connectivity index (χ0n) is 10.4. The highest BCUT2D eigenvalue weighted by Gasteiger charge is 2.14. The summed E-state index contributed by atoms with van der Waals surface area (Å²) in [7, 11) is 3.18. The Balaban J connectivity index is 4.18. The van der Waals surface area contributed by atoms with Gasteiger partial charge in [0.25, 0.3) is 0 Å². The van der Waals surface area contributed by atoms with Crippen LogP contribution < -0.4 is 5.73 Å². The predicted octanol–water partition coefficient (Wildman–Crippen LogP) is -0.366. The number of ether oxygens (including phenoxy) is 2. The van der Waals surface area contributed by atoms with E-state index in [1.165, 1.54) is 0 Å². The normalized spacial score (nSPS) is 11.5. The lowest BCUT2D eigenvalue weighted by Gasteiger charge is -2.22. The highest BCUT2D eigenvalue weighted by molar-refractivity contribution is 5.98. The van der Waals surface area contributed by atoms with Gasteiger partial charge in [-0.3, -0.25) is 4.79 Å². The average Bonchev–Trinajstić information content (AvgIpc) is 2.33. The van der Waals surface area contributed by atoms with E-state index in [0.717, 1.165) is 6.42 Å². The molecule has 0 aromatic carbocycles. The summed E-state index contributed by atoms with van der Waals surface area (Å²) in [5.41, 5.74) is 5.29. The van der Waals surface area contributed by atoms with Crippen LogP contribution in [0.25, 0.3) is 0 Å². The molecule has 0 spiro atoms. The number of nitrogens with zero attached hydrogens (tertiary/aromatic N) is 2. The maximum Gasteiger partial charge on any atom is 0.230 e. The van der Waals surface area contributed by atoms with Gasteiger partial charge in [-0.2, -0.15) is 0 Å². The number of amidine groups is 1. The fourth-order valence-corrected chi connectivity index (χ4v) is 1.26. The fraction of sp³-hybridized carbons (Fsp3) is 0.800. The smallest absolute Gasteiger partial charge is 0.230 e. The molecule has 3 N–H and O–H groups in total. The van der Waals surface area contributed by atoms with Crippen LogP contribution in [0.5, 0.6) is 0 Å². The lowest BCUT2D eigenvalue weighted by Crippen LogP contribution is -2.37. The molecule has 0 radical (unpaired) electrons. The van der Waals surface area contributed by atoms with Gasteiger partial charge >= 0.3 is 0 Å². The van der Waals surface area contributed by atoms with Crippen molar-refractivity contribution in [2.45, 2.75) is 12.8 Å². The number of nitrogens with two attached hydrogens (primary N) is 1. The second-order valence-corrected chi connectivity index (χ2v) is 3.49. The lowest BCUT2D eigenvalue weighted by molar-refractivity contribution is -0.130. The number of amides is 1.